The van der Waals surface area contributed by atoms with Gasteiger partial charge in [-0.15, -0.1) is 0 Å². The minimum Gasteiger partial charge on any atom is -0.489 e. The third kappa shape index (κ3) is 6.86. The molecule has 0 spiro atoms. The highest BCUT2D eigenvalue weighted by molar-refractivity contribution is 8.15. The largest absolute Gasteiger partial charge is 0.489 e. The maximum atomic E-state index is 11.9. The summed E-state index contributed by atoms with van der Waals surface area (Å²) in [6.45, 7) is 9.04. The highest BCUT2D eigenvalue weighted by Gasteiger charge is 2.36. The minimum atomic E-state index is -0.947. The smallest absolute Gasteiger partial charge is 0.336 e. The zero-order valence-electron chi connectivity index (χ0n) is 26.8. The van der Waals surface area contributed by atoms with E-state index >= 15 is 0 Å². The summed E-state index contributed by atoms with van der Waals surface area (Å²) < 4.78 is 19.3. The van der Waals surface area contributed by atoms with E-state index in [9.17, 15) is 19.5 Å². The monoisotopic (exact) mass is 651 g/mol. The van der Waals surface area contributed by atoms with Crippen molar-refractivity contribution in [2.45, 2.75) is 64.4 Å². The van der Waals surface area contributed by atoms with E-state index in [1.165, 1.54) is 0 Å². The summed E-state index contributed by atoms with van der Waals surface area (Å²) in [5, 5.41) is 11.2. The van der Waals surface area contributed by atoms with Crippen LogP contribution in [-0.4, -0.2) is 39.7 Å². The van der Waals surface area contributed by atoms with Crippen molar-refractivity contribution in [2.24, 2.45) is 0 Å². The summed E-state index contributed by atoms with van der Waals surface area (Å²) in [5.74, 6) is 1.29. The molecule has 0 bridgehead atoms. The van der Waals surface area contributed by atoms with Crippen molar-refractivity contribution in [1.29, 1.82) is 0 Å². The summed E-state index contributed by atoms with van der Waals surface area (Å²) >= 11 is 1.03. The molecule has 1 saturated heterocycles. The van der Waals surface area contributed by atoms with Crippen LogP contribution in [0.25, 0.3) is 11.1 Å². The van der Waals surface area contributed by atoms with E-state index in [1.54, 1.807) is 12.1 Å². The van der Waals surface area contributed by atoms with Gasteiger partial charge in [-0.25, -0.2) is 4.79 Å². The first-order valence-electron chi connectivity index (χ1n) is 15.6. The zero-order valence-corrected chi connectivity index (χ0v) is 27.7. The number of benzene rings is 4. The number of fused-ring (bicyclic) bond motifs is 1. The number of rotatable bonds is 10. The fraction of sp³-hybridized carbons (Fsp3) is 0.289. The van der Waals surface area contributed by atoms with Gasteiger partial charge in [-0.3, -0.25) is 14.9 Å². The third-order valence-corrected chi connectivity index (χ3v) is 10.0. The van der Waals surface area contributed by atoms with Crippen molar-refractivity contribution in [2.75, 3.05) is 6.61 Å². The SMILES string of the molecule is Cc1c(C)c2c(c(C)c1OCc1ccc(-c3ccccc3C(=O)O)cc1)CCC(C)(COc1ccc(CC3SC(=O)NC3=O)cc1)O2. The van der Waals surface area contributed by atoms with Gasteiger partial charge in [0.25, 0.3) is 5.24 Å². The number of thioether (sulfide) groups is 1. The van der Waals surface area contributed by atoms with Crippen molar-refractivity contribution in [3.8, 4) is 28.4 Å². The Morgan fingerprint density at radius 1 is 0.936 bits per heavy atom. The second-order valence-corrected chi connectivity index (χ2v) is 13.6. The zero-order chi connectivity index (χ0) is 33.3. The minimum absolute atomic E-state index is 0.241. The number of nitrogens with one attached hydrogen (secondary N) is 1. The van der Waals surface area contributed by atoms with Crippen LogP contribution in [-0.2, 0) is 24.2 Å². The molecule has 4 aromatic carbocycles. The topological polar surface area (TPSA) is 111 Å². The van der Waals surface area contributed by atoms with Crippen LogP contribution in [0.5, 0.6) is 17.2 Å². The molecule has 2 atom stereocenters. The van der Waals surface area contributed by atoms with Gasteiger partial charge >= 0.3 is 5.97 Å². The number of aromatic carboxylic acids is 1. The average molecular weight is 652 g/mol. The molecule has 0 aromatic heterocycles. The molecule has 2 heterocycles. The number of ether oxygens (including phenoxy) is 3. The number of carbonyl (C=O) groups excluding carboxylic acids is 2. The highest BCUT2D eigenvalue weighted by atomic mass is 32.2. The quantitative estimate of drug-likeness (QED) is 0.180. The molecule has 1 fully saturated rings. The Morgan fingerprint density at radius 3 is 2.32 bits per heavy atom. The summed E-state index contributed by atoms with van der Waals surface area (Å²) in [7, 11) is 0. The number of carbonyl (C=O) groups is 3. The first kappa shape index (κ1) is 32.2. The lowest BCUT2D eigenvalue weighted by atomic mass is 9.87. The lowest BCUT2D eigenvalue weighted by molar-refractivity contribution is -0.118. The standard InChI is InChI=1S/C38H37NO7S/c1-22-23(2)34-29(24(3)33(22)44-20-26-9-13-27(14-10-26)30-7-5-6-8-31(30)36(41)42)17-18-38(4,46-34)21-45-28-15-11-25(12-16-28)19-32-35(40)39-37(43)47-32/h5-16,32H,17-21H2,1-4H3,(H,41,42)(H,39,40,43). The molecule has 0 radical (unpaired) electrons. The summed E-state index contributed by atoms with van der Waals surface area (Å²) in [6.07, 6.45) is 2.09. The van der Waals surface area contributed by atoms with Crippen LogP contribution in [0.1, 0.15) is 57.1 Å². The molecule has 2 amide bonds. The molecule has 2 unspecified atom stereocenters. The summed E-state index contributed by atoms with van der Waals surface area (Å²) in [4.78, 5) is 35.0. The van der Waals surface area contributed by atoms with E-state index in [1.807, 2.05) is 60.7 Å². The van der Waals surface area contributed by atoms with Gasteiger partial charge in [0, 0.05) is 5.56 Å². The number of carboxylic acids is 1. The van der Waals surface area contributed by atoms with Gasteiger partial charge in [-0.2, -0.15) is 0 Å². The molecule has 0 aliphatic carbocycles. The molecule has 0 saturated carbocycles. The van der Waals surface area contributed by atoms with Gasteiger partial charge in [0.15, 0.2) is 0 Å². The lowest BCUT2D eigenvalue weighted by Crippen LogP contribution is -2.42. The Bertz CT molecular complexity index is 1850. The molecule has 9 heteroatoms. The van der Waals surface area contributed by atoms with E-state index in [0.29, 0.717) is 25.2 Å². The van der Waals surface area contributed by atoms with Gasteiger partial charge in [0.2, 0.25) is 5.91 Å². The Morgan fingerprint density at radius 2 is 1.64 bits per heavy atom. The Labute approximate surface area is 278 Å². The van der Waals surface area contributed by atoms with Crippen LogP contribution >= 0.6 is 11.8 Å². The van der Waals surface area contributed by atoms with Gasteiger partial charge in [-0.1, -0.05) is 66.4 Å². The van der Waals surface area contributed by atoms with E-state index in [0.717, 1.165) is 80.8 Å². The summed E-state index contributed by atoms with van der Waals surface area (Å²) in [6, 6.07) is 22.4. The Kier molecular flexibility index (Phi) is 9.01. The highest BCUT2D eigenvalue weighted by Crippen LogP contribution is 2.44. The van der Waals surface area contributed by atoms with Crippen LogP contribution in [0, 0.1) is 20.8 Å². The first-order chi connectivity index (χ1) is 22.5. The van der Waals surface area contributed by atoms with Crippen molar-refractivity contribution in [1.82, 2.24) is 5.32 Å². The normalized spacial score (nSPS) is 18.7. The average Bonchev–Trinajstić information content (AvgIpc) is 3.39. The van der Waals surface area contributed by atoms with Crippen LogP contribution in [0.4, 0.5) is 4.79 Å². The molecule has 2 aliphatic rings. The fourth-order valence-corrected chi connectivity index (χ4v) is 7.02. The lowest BCUT2D eigenvalue weighted by Gasteiger charge is -2.38. The van der Waals surface area contributed by atoms with E-state index in [-0.39, 0.29) is 16.7 Å². The predicted octanol–water partition coefficient (Wildman–Crippen LogP) is 7.61. The Balaban J connectivity index is 1.09. The molecule has 2 N–H and O–H groups in total. The van der Waals surface area contributed by atoms with Gasteiger partial charge in [0.05, 0.1) is 10.8 Å². The molecule has 6 rings (SSSR count). The van der Waals surface area contributed by atoms with Gasteiger partial charge in [-0.05, 0) is 104 Å². The van der Waals surface area contributed by atoms with Gasteiger partial charge in [0.1, 0.15) is 36.1 Å². The van der Waals surface area contributed by atoms with Crippen molar-refractivity contribution in [3.05, 3.63) is 112 Å². The van der Waals surface area contributed by atoms with Crippen LogP contribution in [0.15, 0.2) is 72.8 Å². The molecule has 47 heavy (non-hydrogen) atoms. The maximum absolute atomic E-state index is 11.9. The first-order valence-corrected chi connectivity index (χ1v) is 16.5. The van der Waals surface area contributed by atoms with Crippen LogP contribution in [0.3, 0.4) is 0 Å². The van der Waals surface area contributed by atoms with Gasteiger partial charge < -0.3 is 19.3 Å². The van der Waals surface area contributed by atoms with E-state index < -0.39 is 16.8 Å². The number of hydrogen-bond acceptors (Lipinski definition) is 7. The molecular formula is C38H37NO7S. The maximum Gasteiger partial charge on any atom is 0.336 e. The van der Waals surface area contributed by atoms with Crippen LogP contribution < -0.4 is 19.5 Å². The number of imide groups is 1. The fourth-order valence-electron chi connectivity index (χ4n) is 6.16. The van der Waals surface area contributed by atoms with E-state index in [2.05, 4.69) is 33.0 Å². The van der Waals surface area contributed by atoms with Crippen LogP contribution in [0.2, 0.25) is 0 Å². The molecule has 8 nitrogen and oxygen atoms in total. The van der Waals surface area contributed by atoms with E-state index in [4.69, 9.17) is 14.2 Å². The second kappa shape index (κ2) is 13.2. The van der Waals surface area contributed by atoms with Crippen molar-refractivity contribution >= 4 is 28.9 Å². The third-order valence-electron chi connectivity index (χ3n) is 9.02. The van der Waals surface area contributed by atoms with Crippen molar-refractivity contribution in [3.63, 3.8) is 0 Å². The number of amides is 2. The second-order valence-electron chi connectivity index (χ2n) is 12.4. The van der Waals surface area contributed by atoms with Crippen molar-refractivity contribution < 1.29 is 33.7 Å². The number of carboxylic acid groups (broad SMARTS) is 1. The molecule has 242 valence electrons. The summed E-state index contributed by atoms with van der Waals surface area (Å²) in [5.41, 5.74) is 7.55. The number of hydrogen-bond donors (Lipinski definition) is 2. The molecular weight excluding hydrogens is 614 g/mol. The molecule has 4 aromatic rings. The Hall–Kier alpha value is -4.76. The predicted molar refractivity (Wildman–Crippen MR) is 182 cm³/mol. The molecule has 2 aliphatic heterocycles.